The normalized spacial score (nSPS) is 24.0. The lowest BCUT2D eigenvalue weighted by Crippen LogP contribution is -2.54. The minimum atomic E-state index is -0.533. The first-order valence-corrected chi connectivity index (χ1v) is 6.00. The lowest BCUT2D eigenvalue weighted by molar-refractivity contribution is -0.116. The first-order valence-electron chi connectivity index (χ1n) is 6.00. The van der Waals surface area contributed by atoms with E-state index in [0.29, 0.717) is 6.54 Å². The van der Waals surface area contributed by atoms with Gasteiger partial charge in [-0.25, -0.2) is 0 Å². The van der Waals surface area contributed by atoms with E-state index in [9.17, 15) is 5.11 Å². The van der Waals surface area contributed by atoms with Gasteiger partial charge in [0.05, 0.1) is 5.60 Å². The summed E-state index contributed by atoms with van der Waals surface area (Å²) in [5.41, 5.74) is 5.31. The fraction of sp³-hybridized carbons (Fsp3) is 1.00. The maximum atomic E-state index is 10.4. The van der Waals surface area contributed by atoms with E-state index in [1.165, 1.54) is 19.3 Å². The van der Waals surface area contributed by atoms with Gasteiger partial charge in [0.2, 0.25) is 0 Å². The summed E-state index contributed by atoms with van der Waals surface area (Å²) in [5, 5.41) is 10.4. The van der Waals surface area contributed by atoms with Crippen molar-refractivity contribution in [3.8, 4) is 0 Å². The highest BCUT2D eigenvalue weighted by molar-refractivity contribution is 5.01. The van der Waals surface area contributed by atoms with Crippen LogP contribution in [0.15, 0.2) is 0 Å². The Morgan fingerprint density at radius 2 is 2.00 bits per heavy atom. The van der Waals surface area contributed by atoms with Crippen LogP contribution in [0.4, 0.5) is 0 Å². The van der Waals surface area contributed by atoms with Crippen molar-refractivity contribution in [3.05, 3.63) is 0 Å². The second-order valence-corrected chi connectivity index (χ2v) is 5.07. The molecule has 0 aromatic rings. The van der Waals surface area contributed by atoms with Crippen LogP contribution in [0, 0.1) is 5.41 Å². The second-order valence-electron chi connectivity index (χ2n) is 5.07. The molecule has 0 spiro atoms. The first-order chi connectivity index (χ1) is 6.58. The quantitative estimate of drug-likeness (QED) is 0.645. The third kappa shape index (κ3) is 2.12. The predicted octanol–water partition coefficient (Wildman–Crippen LogP) is 2.45. The van der Waals surface area contributed by atoms with Crippen LogP contribution in [0.5, 0.6) is 0 Å². The Morgan fingerprint density at radius 3 is 2.36 bits per heavy atom. The van der Waals surface area contributed by atoms with Crippen molar-refractivity contribution < 1.29 is 5.11 Å². The molecule has 14 heavy (non-hydrogen) atoms. The van der Waals surface area contributed by atoms with Crippen molar-refractivity contribution in [1.29, 1.82) is 0 Å². The standard InChI is InChI=1S/C12H25NO/c1-3-4-5-7-11(2,14)12(10-13)8-6-9-12/h14H,3-10,13H2,1-2H3. The van der Waals surface area contributed by atoms with E-state index < -0.39 is 5.60 Å². The number of aliphatic hydroxyl groups is 1. The van der Waals surface area contributed by atoms with E-state index in [-0.39, 0.29) is 5.41 Å². The second kappa shape index (κ2) is 4.63. The molecular formula is C12H25NO. The molecule has 1 aliphatic carbocycles. The van der Waals surface area contributed by atoms with Gasteiger partial charge in [-0.05, 0) is 26.2 Å². The van der Waals surface area contributed by atoms with Crippen molar-refractivity contribution in [2.75, 3.05) is 6.54 Å². The summed E-state index contributed by atoms with van der Waals surface area (Å²) in [6, 6.07) is 0. The van der Waals surface area contributed by atoms with Crippen LogP contribution in [-0.4, -0.2) is 17.3 Å². The number of hydrogen-bond donors (Lipinski definition) is 2. The maximum Gasteiger partial charge on any atom is 0.0687 e. The Hall–Kier alpha value is -0.0800. The highest BCUT2D eigenvalue weighted by atomic mass is 16.3. The summed E-state index contributed by atoms with van der Waals surface area (Å²) in [7, 11) is 0. The van der Waals surface area contributed by atoms with Crippen LogP contribution in [0.1, 0.15) is 58.8 Å². The van der Waals surface area contributed by atoms with Gasteiger partial charge in [-0.2, -0.15) is 0 Å². The molecule has 2 nitrogen and oxygen atoms in total. The summed E-state index contributed by atoms with van der Waals surface area (Å²) in [4.78, 5) is 0. The van der Waals surface area contributed by atoms with Gasteiger partial charge in [0.25, 0.3) is 0 Å². The number of hydrogen-bond acceptors (Lipinski definition) is 2. The molecule has 0 aliphatic heterocycles. The molecule has 1 fully saturated rings. The molecule has 0 bridgehead atoms. The predicted molar refractivity (Wildman–Crippen MR) is 60.1 cm³/mol. The topological polar surface area (TPSA) is 46.2 Å². The third-order valence-electron chi connectivity index (χ3n) is 4.11. The molecule has 0 amide bonds. The van der Waals surface area contributed by atoms with Gasteiger partial charge in [-0.15, -0.1) is 0 Å². The smallest absolute Gasteiger partial charge is 0.0687 e. The molecule has 0 aromatic carbocycles. The van der Waals surface area contributed by atoms with Crippen LogP contribution >= 0.6 is 0 Å². The average Bonchev–Trinajstić information content (AvgIpc) is 2.02. The molecule has 3 N–H and O–H groups in total. The van der Waals surface area contributed by atoms with Gasteiger partial charge < -0.3 is 10.8 Å². The monoisotopic (exact) mass is 199 g/mol. The highest BCUT2D eigenvalue weighted by Crippen LogP contribution is 2.50. The summed E-state index contributed by atoms with van der Waals surface area (Å²) in [5.74, 6) is 0. The Balaban J connectivity index is 2.45. The van der Waals surface area contributed by atoms with Crippen LogP contribution < -0.4 is 5.73 Å². The number of rotatable bonds is 6. The largest absolute Gasteiger partial charge is 0.390 e. The van der Waals surface area contributed by atoms with Crippen LogP contribution in [0.3, 0.4) is 0 Å². The van der Waals surface area contributed by atoms with Gasteiger partial charge in [0, 0.05) is 12.0 Å². The summed E-state index contributed by atoms with van der Waals surface area (Å²) < 4.78 is 0. The average molecular weight is 199 g/mol. The molecule has 0 radical (unpaired) electrons. The molecule has 1 atom stereocenters. The summed E-state index contributed by atoms with van der Waals surface area (Å²) in [6.07, 6.45) is 7.94. The fourth-order valence-electron chi connectivity index (χ4n) is 2.55. The van der Waals surface area contributed by atoms with E-state index in [1.807, 2.05) is 6.92 Å². The number of nitrogens with two attached hydrogens (primary N) is 1. The van der Waals surface area contributed by atoms with Gasteiger partial charge in [0.15, 0.2) is 0 Å². The fourth-order valence-corrected chi connectivity index (χ4v) is 2.55. The van der Waals surface area contributed by atoms with E-state index >= 15 is 0 Å². The van der Waals surface area contributed by atoms with Crippen molar-refractivity contribution in [3.63, 3.8) is 0 Å². The Morgan fingerprint density at radius 1 is 1.36 bits per heavy atom. The number of unbranched alkanes of at least 4 members (excludes halogenated alkanes) is 2. The zero-order valence-corrected chi connectivity index (χ0v) is 9.68. The van der Waals surface area contributed by atoms with Crippen molar-refractivity contribution in [2.24, 2.45) is 11.1 Å². The zero-order valence-electron chi connectivity index (χ0n) is 9.68. The summed E-state index contributed by atoms with van der Waals surface area (Å²) in [6.45, 7) is 4.82. The molecular weight excluding hydrogens is 174 g/mol. The van der Waals surface area contributed by atoms with E-state index in [0.717, 1.165) is 25.7 Å². The zero-order chi connectivity index (χ0) is 10.7. The Kier molecular flexibility index (Phi) is 3.96. The lowest BCUT2D eigenvalue weighted by Gasteiger charge is -2.51. The minimum Gasteiger partial charge on any atom is -0.390 e. The van der Waals surface area contributed by atoms with Crippen LogP contribution in [-0.2, 0) is 0 Å². The third-order valence-corrected chi connectivity index (χ3v) is 4.11. The van der Waals surface area contributed by atoms with E-state index in [2.05, 4.69) is 6.92 Å². The van der Waals surface area contributed by atoms with Gasteiger partial charge in [-0.3, -0.25) is 0 Å². The molecule has 0 heterocycles. The Bertz CT molecular complexity index is 168. The summed E-state index contributed by atoms with van der Waals surface area (Å²) >= 11 is 0. The van der Waals surface area contributed by atoms with Crippen molar-refractivity contribution in [1.82, 2.24) is 0 Å². The first kappa shape index (κ1) is 12.0. The van der Waals surface area contributed by atoms with Gasteiger partial charge in [-0.1, -0.05) is 32.6 Å². The van der Waals surface area contributed by atoms with Gasteiger partial charge >= 0.3 is 0 Å². The minimum absolute atomic E-state index is 0.0424. The van der Waals surface area contributed by atoms with Crippen molar-refractivity contribution in [2.45, 2.75) is 64.4 Å². The lowest BCUT2D eigenvalue weighted by atomic mass is 9.58. The van der Waals surface area contributed by atoms with Gasteiger partial charge in [0.1, 0.15) is 0 Å². The molecule has 1 rings (SSSR count). The molecule has 1 unspecified atom stereocenters. The van der Waals surface area contributed by atoms with E-state index in [1.54, 1.807) is 0 Å². The van der Waals surface area contributed by atoms with Crippen LogP contribution in [0.2, 0.25) is 0 Å². The molecule has 0 aromatic heterocycles. The Labute approximate surface area is 87.9 Å². The molecule has 1 aliphatic rings. The van der Waals surface area contributed by atoms with Crippen molar-refractivity contribution >= 4 is 0 Å². The maximum absolute atomic E-state index is 10.4. The SMILES string of the molecule is CCCCCC(C)(O)C1(CN)CCC1. The van der Waals surface area contributed by atoms with E-state index in [4.69, 9.17) is 5.73 Å². The molecule has 1 saturated carbocycles. The highest BCUT2D eigenvalue weighted by Gasteiger charge is 2.49. The molecule has 2 heteroatoms. The van der Waals surface area contributed by atoms with Crippen LogP contribution in [0.25, 0.3) is 0 Å². The molecule has 0 saturated heterocycles. The molecule has 84 valence electrons.